The van der Waals surface area contributed by atoms with Gasteiger partial charge in [-0.15, -0.1) is 0 Å². The smallest absolute Gasteiger partial charge is 0.321 e. The van der Waals surface area contributed by atoms with Gasteiger partial charge < -0.3 is 19.9 Å². The number of carbonyl (C=O) groups excluding carboxylic acids is 1. The maximum Gasteiger partial charge on any atom is 0.321 e. The number of rotatable bonds is 4. The highest BCUT2D eigenvalue weighted by Crippen LogP contribution is 2.48. The van der Waals surface area contributed by atoms with Gasteiger partial charge in [-0.2, -0.15) is 0 Å². The van der Waals surface area contributed by atoms with Crippen LogP contribution in [0.4, 0.5) is 10.5 Å². The van der Waals surface area contributed by atoms with Crippen molar-refractivity contribution in [1.82, 2.24) is 9.47 Å². The van der Waals surface area contributed by atoms with Crippen LogP contribution >= 0.6 is 0 Å². The molecule has 2 aromatic rings. The predicted molar refractivity (Wildman–Crippen MR) is 100 cm³/mol. The monoisotopic (exact) mass is 355 g/mol. The van der Waals surface area contributed by atoms with E-state index in [0.29, 0.717) is 19.5 Å². The number of benzene rings is 1. The first-order valence-electron chi connectivity index (χ1n) is 9.42. The van der Waals surface area contributed by atoms with Crippen molar-refractivity contribution in [2.45, 2.75) is 39.2 Å². The topological polar surface area (TPSA) is 74.6 Å². The number of nitrogens with zero attached hydrogens (tertiary/aromatic N) is 2. The number of amides is 2. The van der Waals surface area contributed by atoms with Crippen LogP contribution in [-0.4, -0.2) is 39.7 Å². The van der Waals surface area contributed by atoms with E-state index in [-0.39, 0.29) is 11.9 Å². The van der Waals surface area contributed by atoms with Gasteiger partial charge in [0.15, 0.2) is 0 Å². The number of likely N-dealkylation sites (tertiary alicyclic amines) is 1. The molecule has 26 heavy (non-hydrogen) atoms. The van der Waals surface area contributed by atoms with Crippen LogP contribution in [0.15, 0.2) is 30.5 Å². The van der Waals surface area contributed by atoms with Crippen molar-refractivity contribution in [2.75, 3.05) is 18.4 Å². The van der Waals surface area contributed by atoms with Crippen LogP contribution in [0.5, 0.6) is 0 Å². The Morgan fingerprint density at radius 2 is 2.19 bits per heavy atom. The Morgan fingerprint density at radius 1 is 1.35 bits per heavy atom. The highest BCUT2D eigenvalue weighted by molar-refractivity contribution is 5.93. The van der Waals surface area contributed by atoms with Gasteiger partial charge in [0.05, 0.1) is 5.41 Å². The molecule has 1 saturated carbocycles. The largest absolute Gasteiger partial charge is 0.481 e. The molecule has 1 aliphatic heterocycles. The number of fused-ring (bicyclic) bond motifs is 2. The van der Waals surface area contributed by atoms with Crippen LogP contribution in [0.3, 0.4) is 0 Å². The molecule has 1 aromatic heterocycles. The van der Waals surface area contributed by atoms with Gasteiger partial charge >= 0.3 is 12.0 Å². The second-order valence-corrected chi connectivity index (χ2v) is 7.64. The molecule has 2 N–H and O–H groups in total. The summed E-state index contributed by atoms with van der Waals surface area (Å²) in [6.07, 6.45) is 5.65. The summed E-state index contributed by atoms with van der Waals surface area (Å²) in [5.74, 6) is -0.676. The average molecular weight is 355 g/mol. The van der Waals surface area contributed by atoms with E-state index >= 15 is 0 Å². The summed E-state index contributed by atoms with van der Waals surface area (Å²) >= 11 is 0. The molecule has 2 amide bonds. The molecule has 2 aliphatic rings. The van der Waals surface area contributed by atoms with Crippen LogP contribution in [0.2, 0.25) is 0 Å². The van der Waals surface area contributed by atoms with E-state index in [0.717, 1.165) is 42.4 Å². The number of urea groups is 1. The summed E-state index contributed by atoms with van der Waals surface area (Å²) in [5, 5.41) is 13.7. The Kier molecular flexibility index (Phi) is 4.13. The molecular weight excluding hydrogens is 330 g/mol. The van der Waals surface area contributed by atoms with E-state index in [2.05, 4.69) is 29.1 Å². The SMILES string of the molecule is CCCn1ccc2cc(NC(=O)N3C[C@@H]4CCC[C@@]4(C(=O)O)C3)ccc21. The van der Waals surface area contributed by atoms with Gasteiger partial charge in [0.25, 0.3) is 0 Å². The summed E-state index contributed by atoms with van der Waals surface area (Å²) in [7, 11) is 0. The van der Waals surface area contributed by atoms with Crippen LogP contribution in [0.1, 0.15) is 32.6 Å². The van der Waals surface area contributed by atoms with Gasteiger partial charge in [-0.05, 0) is 49.4 Å². The maximum atomic E-state index is 12.7. The first kappa shape index (κ1) is 16.9. The zero-order valence-electron chi connectivity index (χ0n) is 15.1. The lowest BCUT2D eigenvalue weighted by Crippen LogP contribution is -2.38. The fraction of sp³-hybridized carbons (Fsp3) is 0.500. The predicted octanol–water partition coefficient (Wildman–Crippen LogP) is 3.77. The minimum atomic E-state index is -0.756. The van der Waals surface area contributed by atoms with Gasteiger partial charge in [-0.3, -0.25) is 4.79 Å². The first-order chi connectivity index (χ1) is 12.5. The number of carboxylic acids is 1. The molecule has 138 valence electrons. The first-order valence-corrected chi connectivity index (χ1v) is 9.42. The zero-order chi connectivity index (χ0) is 18.3. The molecule has 2 atom stereocenters. The third-order valence-electron chi connectivity index (χ3n) is 6.07. The molecule has 1 aliphatic carbocycles. The summed E-state index contributed by atoms with van der Waals surface area (Å²) in [6, 6.07) is 7.77. The lowest BCUT2D eigenvalue weighted by Gasteiger charge is -2.23. The fourth-order valence-electron chi connectivity index (χ4n) is 4.71. The number of anilines is 1. The minimum Gasteiger partial charge on any atom is -0.481 e. The third-order valence-corrected chi connectivity index (χ3v) is 6.07. The molecule has 1 aromatic carbocycles. The maximum absolute atomic E-state index is 12.7. The van der Waals surface area contributed by atoms with Gasteiger partial charge in [0.2, 0.25) is 0 Å². The third kappa shape index (κ3) is 2.64. The number of carbonyl (C=O) groups is 2. The van der Waals surface area contributed by atoms with Crippen molar-refractivity contribution >= 4 is 28.6 Å². The van der Waals surface area contributed by atoms with Gasteiger partial charge in [-0.1, -0.05) is 13.3 Å². The summed E-state index contributed by atoms with van der Waals surface area (Å²) in [4.78, 5) is 26.1. The van der Waals surface area contributed by atoms with Crippen molar-refractivity contribution in [3.05, 3.63) is 30.5 Å². The average Bonchev–Trinajstić information content (AvgIpc) is 3.27. The summed E-state index contributed by atoms with van der Waals surface area (Å²) in [5.41, 5.74) is 1.17. The van der Waals surface area contributed by atoms with Crippen molar-refractivity contribution in [1.29, 1.82) is 0 Å². The Morgan fingerprint density at radius 3 is 2.92 bits per heavy atom. The lowest BCUT2D eigenvalue weighted by molar-refractivity contribution is -0.149. The van der Waals surface area contributed by atoms with Crippen LogP contribution in [0.25, 0.3) is 10.9 Å². The van der Waals surface area contributed by atoms with E-state index in [1.807, 2.05) is 18.2 Å². The Labute approximate surface area is 152 Å². The number of hydrogen-bond donors (Lipinski definition) is 2. The number of aromatic nitrogens is 1. The van der Waals surface area contributed by atoms with Crippen LogP contribution < -0.4 is 5.32 Å². The van der Waals surface area contributed by atoms with Crippen LogP contribution in [0, 0.1) is 11.3 Å². The molecular formula is C20H25N3O3. The minimum absolute atomic E-state index is 0.0799. The fourth-order valence-corrected chi connectivity index (χ4v) is 4.71. The molecule has 0 unspecified atom stereocenters. The van der Waals surface area contributed by atoms with Crippen LogP contribution in [-0.2, 0) is 11.3 Å². The molecule has 6 heteroatoms. The standard InChI is InChI=1S/C20H25N3O3/c1-2-9-22-10-7-14-11-16(5-6-17(14)22)21-19(26)23-12-15-4-3-8-20(15,13-23)18(24)25/h5-7,10-11,15H,2-4,8-9,12-13H2,1H3,(H,21,26)(H,24,25)/t15-,20+/m0/s1. The summed E-state index contributed by atoms with van der Waals surface area (Å²) in [6.45, 7) is 3.97. The van der Waals surface area contributed by atoms with Crippen molar-refractivity contribution in [2.24, 2.45) is 11.3 Å². The normalized spacial score (nSPS) is 24.8. The number of carboxylic acid groups (broad SMARTS) is 1. The Balaban J connectivity index is 1.49. The zero-order valence-corrected chi connectivity index (χ0v) is 15.1. The van der Waals surface area contributed by atoms with Gasteiger partial charge in [-0.25, -0.2) is 4.79 Å². The molecule has 0 radical (unpaired) electrons. The molecule has 2 fully saturated rings. The molecule has 2 heterocycles. The summed E-state index contributed by atoms with van der Waals surface area (Å²) < 4.78 is 2.21. The van der Waals surface area contributed by atoms with Crippen molar-refractivity contribution in [3.8, 4) is 0 Å². The van der Waals surface area contributed by atoms with Crippen molar-refractivity contribution in [3.63, 3.8) is 0 Å². The highest BCUT2D eigenvalue weighted by atomic mass is 16.4. The number of nitrogens with one attached hydrogen (secondary N) is 1. The number of aryl methyl sites for hydroxylation is 1. The van der Waals surface area contributed by atoms with E-state index in [4.69, 9.17) is 0 Å². The molecule has 4 rings (SSSR count). The number of aliphatic carboxylic acids is 1. The second-order valence-electron chi connectivity index (χ2n) is 7.64. The lowest BCUT2D eigenvalue weighted by atomic mass is 9.81. The molecule has 0 bridgehead atoms. The second kappa shape index (κ2) is 6.34. The molecule has 0 spiro atoms. The van der Waals surface area contributed by atoms with E-state index in [9.17, 15) is 14.7 Å². The van der Waals surface area contributed by atoms with E-state index in [1.165, 1.54) is 0 Å². The Bertz CT molecular complexity index is 859. The van der Waals surface area contributed by atoms with Gasteiger partial charge in [0.1, 0.15) is 0 Å². The molecule has 1 saturated heterocycles. The highest BCUT2D eigenvalue weighted by Gasteiger charge is 2.55. The van der Waals surface area contributed by atoms with E-state index < -0.39 is 11.4 Å². The quantitative estimate of drug-likeness (QED) is 0.877. The Hall–Kier alpha value is -2.50. The van der Waals surface area contributed by atoms with Crippen molar-refractivity contribution < 1.29 is 14.7 Å². The van der Waals surface area contributed by atoms with E-state index in [1.54, 1.807) is 4.90 Å². The molecule has 6 nitrogen and oxygen atoms in total. The number of hydrogen-bond acceptors (Lipinski definition) is 2. The van der Waals surface area contributed by atoms with Gasteiger partial charge in [0, 0.05) is 42.4 Å².